The minimum absolute atomic E-state index is 0.105. The molecular weight excluding hydrogens is 1040 g/mol. The van der Waals surface area contributed by atoms with E-state index >= 15 is 0 Å². The van der Waals surface area contributed by atoms with Gasteiger partial charge in [0.05, 0.1) is 26.4 Å². The van der Waals surface area contributed by atoms with E-state index in [9.17, 15) is 43.2 Å². The zero-order valence-corrected chi connectivity index (χ0v) is 51.6. The molecule has 0 aromatic carbocycles. The highest BCUT2D eigenvalue weighted by Crippen LogP contribution is 2.45. The van der Waals surface area contributed by atoms with Crippen molar-refractivity contribution < 1.29 is 80.2 Å². The summed E-state index contributed by atoms with van der Waals surface area (Å²) >= 11 is 0. The summed E-state index contributed by atoms with van der Waals surface area (Å²) < 4.78 is 67.7. The Kier molecular flexibility index (Phi) is 51.8. The van der Waals surface area contributed by atoms with Crippen molar-refractivity contribution >= 4 is 39.5 Å². The first-order chi connectivity index (χ1) is 37.6. The van der Waals surface area contributed by atoms with Crippen molar-refractivity contribution in [3.05, 3.63) is 0 Å². The number of unbranched alkanes of at least 4 members (excludes halogenated alkanes) is 30. The van der Waals surface area contributed by atoms with Gasteiger partial charge in [0, 0.05) is 25.7 Å². The fourth-order valence-corrected chi connectivity index (χ4v) is 10.2. The molecule has 0 aliphatic carbocycles. The number of rotatable bonds is 59. The van der Waals surface area contributed by atoms with Crippen molar-refractivity contribution in [2.45, 2.75) is 310 Å². The van der Waals surface area contributed by atoms with Gasteiger partial charge < -0.3 is 33.8 Å². The van der Waals surface area contributed by atoms with E-state index in [1.165, 1.54) is 109 Å². The largest absolute Gasteiger partial charge is 0.472 e. The number of phosphoric acid groups is 2. The van der Waals surface area contributed by atoms with E-state index in [2.05, 4.69) is 34.6 Å². The van der Waals surface area contributed by atoms with Gasteiger partial charge in [-0.05, 0) is 31.6 Å². The van der Waals surface area contributed by atoms with Gasteiger partial charge in [0.2, 0.25) is 0 Å². The van der Waals surface area contributed by atoms with E-state index in [-0.39, 0.29) is 25.7 Å². The third kappa shape index (κ3) is 52.2. The van der Waals surface area contributed by atoms with Crippen LogP contribution >= 0.6 is 15.6 Å². The highest BCUT2D eigenvalue weighted by atomic mass is 31.2. The summed E-state index contributed by atoms with van der Waals surface area (Å²) in [6.07, 6.45) is 34.8. The van der Waals surface area contributed by atoms with Crippen LogP contribution in [0.5, 0.6) is 0 Å². The predicted octanol–water partition coefficient (Wildman–Crippen LogP) is 15.8. The molecule has 0 amide bonds. The van der Waals surface area contributed by atoms with Gasteiger partial charge in [0.25, 0.3) is 0 Å². The summed E-state index contributed by atoms with van der Waals surface area (Å²) in [5.41, 5.74) is 0. The summed E-state index contributed by atoms with van der Waals surface area (Å²) in [5, 5.41) is 10.5. The zero-order valence-electron chi connectivity index (χ0n) is 49.8. The molecule has 0 aromatic heterocycles. The number of phosphoric ester groups is 2. The average Bonchev–Trinajstić information content (AvgIpc) is 3.41. The molecule has 6 atom stereocenters. The molecule has 0 saturated carbocycles. The minimum atomic E-state index is -4.94. The first kappa shape index (κ1) is 76.1. The highest BCUT2D eigenvalue weighted by molar-refractivity contribution is 7.47. The van der Waals surface area contributed by atoms with Crippen LogP contribution in [0.4, 0.5) is 0 Å². The molecule has 0 fully saturated rings. The van der Waals surface area contributed by atoms with Crippen molar-refractivity contribution in [2.24, 2.45) is 5.92 Å². The fraction of sp³-hybridized carbons (Fsp3) is 0.932. The topological polar surface area (TPSA) is 237 Å². The molecule has 0 saturated heterocycles. The molecule has 0 aliphatic heterocycles. The molecule has 0 aliphatic rings. The van der Waals surface area contributed by atoms with Crippen molar-refractivity contribution in [3.8, 4) is 0 Å². The van der Waals surface area contributed by atoms with Gasteiger partial charge in [-0.3, -0.25) is 37.3 Å². The molecule has 0 radical (unpaired) electrons. The highest BCUT2D eigenvalue weighted by Gasteiger charge is 2.30. The van der Waals surface area contributed by atoms with E-state index in [0.29, 0.717) is 25.7 Å². The third-order valence-corrected chi connectivity index (χ3v) is 15.8. The lowest BCUT2D eigenvalue weighted by Crippen LogP contribution is -2.30. The fourth-order valence-electron chi connectivity index (χ4n) is 8.67. The van der Waals surface area contributed by atoms with Gasteiger partial charge in [-0.1, -0.05) is 240 Å². The molecule has 19 heteroatoms. The van der Waals surface area contributed by atoms with Crippen LogP contribution < -0.4 is 0 Å². The molecule has 0 aromatic rings. The maximum atomic E-state index is 12.9. The zero-order chi connectivity index (χ0) is 57.8. The van der Waals surface area contributed by atoms with Crippen LogP contribution in [-0.2, 0) is 65.4 Å². The molecule has 3 N–H and O–H groups in total. The van der Waals surface area contributed by atoms with Crippen molar-refractivity contribution in [1.29, 1.82) is 0 Å². The summed E-state index contributed by atoms with van der Waals surface area (Å²) in [6, 6.07) is 0. The first-order valence-corrected chi connectivity index (χ1v) is 34.2. The van der Waals surface area contributed by atoms with Crippen LogP contribution in [0.2, 0.25) is 0 Å². The maximum absolute atomic E-state index is 12.9. The van der Waals surface area contributed by atoms with Gasteiger partial charge in [-0.2, -0.15) is 0 Å². The lowest BCUT2D eigenvalue weighted by atomic mass is 9.99. The van der Waals surface area contributed by atoms with Crippen LogP contribution in [-0.4, -0.2) is 96.7 Å². The minimum Gasteiger partial charge on any atom is -0.462 e. The lowest BCUT2D eigenvalue weighted by molar-refractivity contribution is -0.161. The Morgan fingerprint density at radius 1 is 0.359 bits per heavy atom. The maximum Gasteiger partial charge on any atom is 0.472 e. The second kappa shape index (κ2) is 53.1. The van der Waals surface area contributed by atoms with Gasteiger partial charge in [0.1, 0.15) is 19.3 Å². The number of aliphatic hydroxyl groups is 1. The normalized spacial score (nSPS) is 14.7. The summed E-state index contributed by atoms with van der Waals surface area (Å²) in [7, 11) is -9.87. The molecule has 0 bridgehead atoms. The Hall–Kier alpha value is -1.94. The summed E-state index contributed by atoms with van der Waals surface area (Å²) in [4.78, 5) is 71.8. The first-order valence-electron chi connectivity index (χ1n) is 31.2. The molecular formula is C59H114O17P2. The molecule has 78 heavy (non-hydrogen) atoms. The van der Waals surface area contributed by atoms with Crippen molar-refractivity contribution in [2.75, 3.05) is 39.6 Å². The van der Waals surface area contributed by atoms with E-state index < -0.39 is 97.5 Å². The molecule has 17 nitrogen and oxygen atoms in total. The number of carbonyl (C=O) groups excluding carboxylic acids is 4. The molecule has 0 spiro atoms. The van der Waals surface area contributed by atoms with Gasteiger partial charge in [0.15, 0.2) is 12.2 Å². The van der Waals surface area contributed by atoms with Gasteiger partial charge in [-0.25, -0.2) is 9.13 Å². The summed E-state index contributed by atoms with van der Waals surface area (Å²) in [5.74, 6) is -1.38. The van der Waals surface area contributed by atoms with Crippen molar-refractivity contribution in [3.63, 3.8) is 0 Å². The second-order valence-corrected chi connectivity index (χ2v) is 24.5. The van der Waals surface area contributed by atoms with E-state index in [4.69, 9.17) is 37.0 Å². The third-order valence-electron chi connectivity index (χ3n) is 13.9. The Morgan fingerprint density at radius 3 is 0.910 bits per heavy atom. The van der Waals surface area contributed by atoms with Crippen LogP contribution in [0, 0.1) is 5.92 Å². The van der Waals surface area contributed by atoms with Crippen LogP contribution in [0.15, 0.2) is 0 Å². The van der Waals surface area contributed by atoms with Crippen LogP contribution in [0.1, 0.15) is 291 Å². The predicted molar refractivity (Wildman–Crippen MR) is 308 cm³/mol. The number of aliphatic hydroxyl groups excluding tert-OH is 1. The number of esters is 4. The molecule has 3 unspecified atom stereocenters. The number of ether oxygens (including phenoxy) is 4. The second-order valence-electron chi connectivity index (χ2n) is 21.6. The smallest absolute Gasteiger partial charge is 0.462 e. The van der Waals surface area contributed by atoms with Gasteiger partial charge in [-0.15, -0.1) is 0 Å². The Balaban J connectivity index is 5.22. The number of carbonyl (C=O) groups is 4. The Bertz CT molecular complexity index is 1540. The lowest BCUT2D eigenvalue weighted by Gasteiger charge is -2.21. The Labute approximate surface area is 473 Å². The van der Waals surface area contributed by atoms with E-state index in [0.717, 1.165) is 102 Å². The summed E-state index contributed by atoms with van der Waals surface area (Å²) in [6.45, 7) is 7.09. The average molecular weight is 1160 g/mol. The van der Waals surface area contributed by atoms with Crippen LogP contribution in [0.25, 0.3) is 0 Å². The van der Waals surface area contributed by atoms with E-state index in [1.54, 1.807) is 0 Å². The monoisotopic (exact) mass is 1160 g/mol. The standard InChI is InChI=1S/C59H114O17P2/c1-6-10-13-16-19-22-28-33-38-43-57(62)70-49-55(76-59(64)45-40-35-30-25-24-26-31-36-41-52(5)9-4)51-74-78(67,68)72-47-53(60)46-71-77(65,66)73-50-54(48-69-56(61)42-37-32-27-21-18-15-12-8-3)75-58(63)44-39-34-29-23-20-17-14-11-7-2/h52-55,60H,6-51H2,1-5H3,(H,65,66)(H,67,68)/t52?,53-,54+,55+/m0/s1. The van der Waals surface area contributed by atoms with Crippen LogP contribution in [0.3, 0.4) is 0 Å². The molecule has 0 heterocycles. The quantitative estimate of drug-likeness (QED) is 0.0222. The van der Waals surface area contributed by atoms with E-state index in [1.807, 2.05) is 0 Å². The number of hydrogen-bond acceptors (Lipinski definition) is 15. The number of hydrogen-bond donors (Lipinski definition) is 3. The van der Waals surface area contributed by atoms with Gasteiger partial charge >= 0.3 is 39.5 Å². The molecule has 0 rings (SSSR count). The molecule has 462 valence electrons. The van der Waals surface area contributed by atoms with Crippen molar-refractivity contribution in [1.82, 2.24) is 0 Å². The Morgan fingerprint density at radius 2 is 0.615 bits per heavy atom. The SMILES string of the molecule is CCCCCCCCCCCC(=O)OC[C@H](COP(=O)(O)OC[C@@H](O)COP(=O)(O)OC[C@@H](COC(=O)CCCCCCCCCC)OC(=O)CCCCCCCCCCC)OC(=O)CCCCCCCCCCC(C)CC.